The molecule has 0 radical (unpaired) electrons. The standard InChI is InChI=1S/C17H18N6O/c24-17(13-5-3-12(4-6-13)15-7-8-19-21-15)23-9-1-2-14(10-23)16-18-11-20-22-16/h3-8,11,14H,1-2,9-10H2,(H,19,21)(H,18,20,22)/t14-/m1/s1. The zero-order valence-electron chi connectivity index (χ0n) is 13.1. The van der Waals surface area contributed by atoms with Gasteiger partial charge in [0.1, 0.15) is 12.2 Å². The molecule has 122 valence electrons. The number of amides is 1. The smallest absolute Gasteiger partial charge is 0.253 e. The zero-order valence-corrected chi connectivity index (χ0v) is 13.1. The maximum atomic E-state index is 12.8. The molecule has 1 aliphatic rings. The molecule has 1 saturated heterocycles. The Bertz CT molecular complexity index is 794. The van der Waals surface area contributed by atoms with Gasteiger partial charge in [-0.15, -0.1) is 0 Å². The Morgan fingerprint density at radius 1 is 1.12 bits per heavy atom. The molecule has 0 spiro atoms. The summed E-state index contributed by atoms with van der Waals surface area (Å²) in [6.45, 7) is 1.46. The van der Waals surface area contributed by atoms with Crippen molar-refractivity contribution in [3.8, 4) is 11.3 Å². The van der Waals surface area contributed by atoms with Gasteiger partial charge in [0.15, 0.2) is 0 Å². The van der Waals surface area contributed by atoms with Gasteiger partial charge in [-0.05, 0) is 36.6 Å². The average Bonchev–Trinajstić information content (AvgIpc) is 3.35. The van der Waals surface area contributed by atoms with Crippen LogP contribution in [-0.2, 0) is 0 Å². The highest BCUT2D eigenvalue weighted by Crippen LogP contribution is 2.25. The van der Waals surface area contributed by atoms with Crippen LogP contribution < -0.4 is 0 Å². The number of aromatic nitrogens is 5. The number of piperidine rings is 1. The highest BCUT2D eigenvalue weighted by Gasteiger charge is 2.27. The van der Waals surface area contributed by atoms with E-state index in [4.69, 9.17) is 0 Å². The van der Waals surface area contributed by atoms with Crippen molar-refractivity contribution in [2.75, 3.05) is 13.1 Å². The lowest BCUT2D eigenvalue weighted by Gasteiger charge is -2.31. The van der Waals surface area contributed by atoms with Crippen LogP contribution >= 0.6 is 0 Å². The molecule has 0 unspecified atom stereocenters. The molecule has 0 bridgehead atoms. The van der Waals surface area contributed by atoms with Crippen LogP contribution in [0.4, 0.5) is 0 Å². The number of aromatic amines is 2. The number of carbonyl (C=O) groups is 1. The summed E-state index contributed by atoms with van der Waals surface area (Å²) in [5.74, 6) is 1.16. The van der Waals surface area contributed by atoms with E-state index in [0.29, 0.717) is 12.1 Å². The number of H-pyrrole nitrogens is 2. The fourth-order valence-electron chi connectivity index (χ4n) is 3.19. The second-order valence-electron chi connectivity index (χ2n) is 6.01. The molecular weight excluding hydrogens is 304 g/mol. The van der Waals surface area contributed by atoms with Crippen LogP contribution in [0.5, 0.6) is 0 Å². The third-order valence-electron chi connectivity index (χ3n) is 4.47. The first-order valence-electron chi connectivity index (χ1n) is 8.05. The highest BCUT2D eigenvalue weighted by molar-refractivity contribution is 5.94. The van der Waals surface area contributed by atoms with Crippen LogP contribution in [0.3, 0.4) is 0 Å². The molecule has 1 aromatic carbocycles. The fourth-order valence-corrected chi connectivity index (χ4v) is 3.19. The number of carbonyl (C=O) groups excluding carboxylic acids is 1. The van der Waals surface area contributed by atoms with Gasteiger partial charge < -0.3 is 4.90 Å². The Kier molecular flexibility index (Phi) is 3.82. The van der Waals surface area contributed by atoms with Crippen LogP contribution in [0.15, 0.2) is 42.9 Å². The number of hydrogen-bond donors (Lipinski definition) is 2. The van der Waals surface area contributed by atoms with E-state index in [1.807, 2.05) is 35.2 Å². The molecule has 1 atom stereocenters. The monoisotopic (exact) mass is 322 g/mol. The molecule has 3 aromatic rings. The number of benzene rings is 1. The van der Waals surface area contributed by atoms with Crippen LogP contribution in [0.2, 0.25) is 0 Å². The Labute approximate surface area is 139 Å². The summed E-state index contributed by atoms with van der Waals surface area (Å²) in [6, 6.07) is 9.54. The van der Waals surface area contributed by atoms with Crippen molar-refractivity contribution >= 4 is 5.91 Å². The summed E-state index contributed by atoms with van der Waals surface area (Å²) >= 11 is 0. The minimum absolute atomic E-state index is 0.0652. The van der Waals surface area contributed by atoms with Gasteiger partial charge in [0.2, 0.25) is 0 Å². The van der Waals surface area contributed by atoms with Crippen LogP contribution in [0.1, 0.15) is 34.9 Å². The molecule has 0 aliphatic carbocycles. The van der Waals surface area contributed by atoms with Gasteiger partial charge in [-0.3, -0.25) is 15.0 Å². The number of nitrogens with zero attached hydrogens (tertiary/aromatic N) is 4. The molecule has 2 N–H and O–H groups in total. The van der Waals surface area contributed by atoms with Gasteiger partial charge in [-0.1, -0.05) is 12.1 Å². The van der Waals surface area contributed by atoms with E-state index in [0.717, 1.165) is 36.5 Å². The minimum atomic E-state index is 0.0652. The quantitative estimate of drug-likeness (QED) is 0.773. The number of hydrogen-bond acceptors (Lipinski definition) is 4. The Hall–Kier alpha value is -2.96. The first-order chi connectivity index (χ1) is 11.8. The summed E-state index contributed by atoms with van der Waals surface area (Å²) in [5, 5.41) is 13.7. The van der Waals surface area contributed by atoms with Gasteiger partial charge in [0, 0.05) is 30.8 Å². The lowest BCUT2D eigenvalue weighted by molar-refractivity contribution is 0.0704. The second-order valence-corrected chi connectivity index (χ2v) is 6.01. The molecular formula is C17H18N6O. The van der Waals surface area contributed by atoms with Crippen LogP contribution in [0, 0.1) is 0 Å². The SMILES string of the molecule is O=C(c1ccc(-c2ccn[nH]2)cc1)N1CCC[C@@H](c2ncn[nH]2)C1. The summed E-state index contributed by atoms with van der Waals surface area (Å²) in [6.07, 6.45) is 5.23. The Morgan fingerprint density at radius 3 is 2.71 bits per heavy atom. The van der Waals surface area contributed by atoms with Gasteiger partial charge in [-0.2, -0.15) is 10.2 Å². The predicted molar refractivity (Wildman–Crippen MR) is 88.3 cm³/mol. The summed E-state index contributed by atoms with van der Waals surface area (Å²) in [4.78, 5) is 18.9. The third-order valence-corrected chi connectivity index (χ3v) is 4.47. The molecule has 3 heterocycles. The first kappa shape index (κ1) is 14.6. The zero-order chi connectivity index (χ0) is 16.4. The van der Waals surface area contributed by atoms with Gasteiger partial charge in [0.25, 0.3) is 5.91 Å². The van der Waals surface area contributed by atoms with Gasteiger partial charge in [-0.25, -0.2) is 4.98 Å². The molecule has 7 heteroatoms. The number of rotatable bonds is 3. The predicted octanol–water partition coefficient (Wildman–Crippen LogP) is 2.21. The van der Waals surface area contributed by atoms with Crippen LogP contribution in [0.25, 0.3) is 11.3 Å². The Morgan fingerprint density at radius 2 is 2.00 bits per heavy atom. The summed E-state index contributed by atoms with van der Waals surface area (Å²) in [5.41, 5.74) is 2.66. The van der Waals surface area contributed by atoms with Crippen molar-refractivity contribution in [3.05, 3.63) is 54.2 Å². The van der Waals surface area contributed by atoms with Crippen molar-refractivity contribution in [1.29, 1.82) is 0 Å². The van der Waals surface area contributed by atoms with Gasteiger partial charge in [0.05, 0.1) is 5.69 Å². The normalized spacial score (nSPS) is 17.8. The number of nitrogens with one attached hydrogen (secondary N) is 2. The van der Waals surface area contributed by atoms with Crippen molar-refractivity contribution in [2.24, 2.45) is 0 Å². The second kappa shape index (κ2) is 6.27. The van der Waals surface area contributed by atoms with E-state index in [1.54, 1.807) is 6.20 Å². The summed E-state index contributed by atoms with van der Waals surface area (Å²) < 4.78 is 0. The highest BCUT2D eigenvalue weighted by atomic mass is 16.2. The molecule has 4 rings (SSSR count). The lowest BCUT2D eigenvalue weighted by Crippen LogP contribution is -2.39. The maximum absolute atomic E-state index is 12.8. The Balaban J connectivity index is 1.49. The van der Waals surface area contributed by atoms with Crippen molar-refractivity contribution in [3.63, 3.8) is 0 Å². The van der Waals surface area contributed by atoms with Crippen LogP contribution in [-0.4, -0.2) is 49.3 Å². The van der Waals surface area contributed by atoms with E-state index in [-0.39, 0.29) is 11.8 Å². The van der Waals surface area contributed by atoms with E-state index in [2.05, 4.69) is 25.4 Å². The van der Waals surface area contributed by atoms with E-state index >= 15 is 0 Å². The van der Waals surface area contributed by atoms with Crippen molar-refractivity contribution in [2.45, 2.75) is 18.8 Å². The molecule has 0 saturated carbocycles. The number of likely N-dealkylation sites (tertiary alicyclic amines) is 1. The fraction of sp³-hybridized carbons (Fsp3) is 0.294. The van der Waals surface area contributed by atoms with E-state index < -0.39 is 0 Å². The van der Waals surface area contributed by atoms with E-state index in [1.165, 1.54) is 6.33 Å². The molecule has 1 amide bonds. The third kappa shape index (κ3) is 2.80. The van der Waals surface area contributed by atoms with Crippen molar-refractivity contribution in [1.82, 2.24) is 30.3 Å². The molecule has 2 aromatic heterocycles. The topological polar surface area (TPSA) is 90.6 Å². The maximum Gasteiger partial charge on any atom is 0.253 e. The van der Waals surface area contributed by atoms with E-state index in [9.17, 15) is 4.79 Å². The molecule has 1 aliphatic heterocycles. The average molecular weight is 322 g/mol. The first-order valence-corrected chi connectivity index (χ1v) is 8.05. The minimum Gasteiger partial charge on any atom is -0.338 e. The van der Waals surface area contributed by atoms with Gasteiger partial charge >= 0.3 is 0 Å². The lowest BCUT2D eigenvalue weighted by atomic mass is 9.96. The molecule has 24 heavy (non-hydrogen) atoms. The largest absolute Gasteiger partial charge is 0.338 e. The molecule has 1 fully saturated rings. The summed E-state index contributed by atoms with van der Waals surface area (Å²) in [7, 11) is 0. The molecule has 7 nitrogen and oxygen atoms in total. The van der Waals surface area contributed by atoms with Crippen molar-refractivity contribution < 1.29 is 4.79 Å².